The number of aliphatic hydroxyl groups excluding tert-OH is 1. The Morgan fingerprint density at radius 2 is 0.539 bits per heavy atom. The van der Waals surface area contributed by atoms with Crippen LogP contribution < -0.4 is 0 Å². The lowest BCUT2D eigenvalue weighted by atomic mass is 9.99. The number of phosphoric acid groups is 2. The maximum Gasteiger partial charge on any atom is 0.472 e. The van der Waals surface area contributed by atoms with Crippen LogP contribution in [-0.2, 0) is 65.4 Å². The van der Waals surface area contributed by atoms with E-state index < -0.39 is 97.5 Å². The summed E-state index contributed by atoms with van der Waals surface area (Å²) in [4.78, 5) is 72.4. The molecule has 0 radical (unpaired) electrons. The van der Waals surface area contributed by atoms with Gasteiger partial charge in [0.25, 0.3) is 0 Å². The van der Waals surface area contributed by atoms with Crippen LogP contribution in [0.25, 0.3) is 0 Å². The SMILES string of the molecule is CCC(C)CCCCCCCCCCCCC(=O)OC[C@H](COP(=O)(O)OC[C@@H](O)COP(=O)(O)OC[C@@H](COC(=O)CCCCCCCCC(C)C)OC(=O)CCCCCCCCC(C)C)OC(=O)CCCCCCCCCCCCCCCCC(C)C. The minimum absolute atomic E-state index is 0.101. The fourth-order valence-electron chi connectivity index (χ4n) is 10.5. The average Bonchev–Trinajstić information content (AvgIpc) is 3.67. The summed E-state index contributed by atoms with van der Waals surface area (Å²) in [5.74, 6) is 0.818. The molecule has 0 aliphatic rings. The molecular formula is C70H136O17P2. The maximum atomic E-state index is 13.0. The molecule has 0 aromatic carbocycles. The standard InChI is InChI=1S/C70H136O17P2/c1-9-63(8)49-41-33-23-19-16-17-20-24-34-42-50-67(72)80-56-65(86-69(74)52-44-36-25-21-15-13-11-10-12-14-18-22-30-38-46-60(2)3)58-84-88(76,77)82-54-64(71)55-83-89(78,79)85-59-66(87-70(75)53-45-37-29-27-32-40-48-62(6)7)57-81-68(73)51-43-35-28-26-31-39-47-61(4)5/h60-66,71H,9-59H2,1-8H3,(H,76,77)(H,78,79)/t63?,64-,65-,66-/m1/s1. The second kappa shape index (κ2) is 59.8. The quantitative estimate of drug-likeness (QED) is 0.0222. The second-order valence-corrected chi connectivity index (χ2v) is 29.8. The van der Waals surface area contributed by atoms with Crippen LogP contribution in [-0.4, -0.2) is 96.7 Å². The first-order valence-electron chi connectivity index (χ1n) is 36.2. The van der Waals surface area contributed by atoms with Crippen LogP contribution >= 0.6 is 15.6 Å². The fraction of sp³-hybridized carbons (Fsp3) is 0.943. The molecule has 0 spiro atoms. The minimum Gasteiger partial charge on any atom is -0.462 e. The van der Waals surface area contributed by atoms with E-state index >= 15 is 0 Å². The summed E-state index contributed by atoms with van der Waals surface area (Å²) in [5, 5.41) is 10.6. The Morgan fingerprint density at radius 1 is 0.315 bits per heavy atom. The molecule has 0 heterocycles. The number of unbranched alkanes of at least 4 members (excludes halogenated alkanes) is 32. The van der Waals surface area contributed by atoms with Crippen LogP contribution in [0, 0.1) is 23.7 Å². The normalized spacial score (nSPS) is 14.6. The van der Waals surface area contributed by atoms with Gasteiger partial charge in [0, 0.05) is 25.7 Å². The summed E-state index contributed by atoms with van der Waals surface area (Å²) in [7, 11) is -9.90. The van der Waals surface area contributed by atoms with Crippen LogP contribution in [0.15, 0.2) is 0 Å². The predicted molar refractivity (Wildman–Crippen MR) is 358 cm³/mol. The van der Waals surface area contributed by atoms with Crippen molar-refractivity contribution in [3.05, 3.63) is 0 Å². The molecule has 0 aliphatic heterocycles. The molecule has 0 aromatic rings. The van der Waals surface area contributed by atoms with Gasteiger partial charge >= 0.3 is 39.5 Å². The number of aliphatic hydroxyl groups is 1. The Labute approximate surface area is 543 Å². The van der Waals surface area contributed by atoms with Gasteiger partial charge in [-0.1, -0.05) is 293 Å². The van der Waals surface area contributed by atoms with Gasteiger partial charge in [-0.25, -0.2) is 9.13 Å². The van der Waals surface area contributed by atoms with Crippen molar-refractivity contribution in [1.29, 1.82) is 0 Å². The molecule has 0 rings (SSSR count). The van der Waals surface area contributed by atoms with Crippen molar-refractivity contribution >= 4 is 39.5 Å². The van der Waals surface area contributed by atoms with Gasteiger partial charge in [0.1, 0.15) is 19.3 Å². The van der Waals surface area contributed by atoms with Gasteiger partial charge in [0.2, 0.25) is 0 Å². The smallest absolute Gasteiger partial charge is 0.462 e. The number of ether oxygens (including phenoxy) is 4. The molecular weight excluding hydrogens is 1170 g/mol. The van der Waals surface area contributed by atoms with E-state index in [-0.39, 0.29) is 25.7 Å². The highest BCUT2D eigenvalue weighted by atomic mass is 31.2. The van der Waals surface area contributed by atoms with Crippen LogP contribution in [0.3, 0.4) is 0 Å². The van der Waals surface area contributed by atoms with Crippen LogP contribution in [0.4, 0.5) is 0 Å². The third kappa shape index (κ3) is 63.2. The largest absolute Gasteiger partial charge is 0.472 e. The van der Waals surface area contributed by atoms with E-state index in [4.69, 9.17) is 37.0 Å². The first-order valence-corrected chi connectivity index (χ1v) is 39.2. The van der Waals surface area contributed by atoms with Crippen molar-refractivity contribution in [2.24, 2.45) is 23.7 Å². The Bertz CT molecular complexity index is 1770. The number of carbonyl (C=O) groups excluding carboxylic acids is 4. The number of rotatable bonds is 67. The molecule has 0 saturated carbocycles. The average molecular weight is 1310 g/mol. The van der Waals surface area contributed by atoms with Crippen LogP contribution in [0.2, 0.25) is 0 Å². The van der Waals surface area contributed by atoms with Crippen molar-refractivity contribution < 1.29 is 80.2 Å². The highest BCUT2D eigenvalue weighted by Gasteiger charge is 2.30. The molecule has 6 atom stereocenters. The zero-order valence-electron chi connectivity index (χ0n) is 58.1. The summed E-state index contributed by atoms with van der Waals surface area (Å²) in [6, 6.07) is 0. The van der Waals surface area contributed by atoms with Crippen molar-refractivity contribution in [3.63, 3.8) is 0 Å². The van der Waals surface area contributed by atoms with Gasteiger partial charge in [0.05, 0.1) is 26.4 Å². The molecule has 0 bridgehead atoms. The van der Waals surface area contributed by atoms with Crippen LogP contribution in [0.1, 0.15) is 344 Å². The van der Waals surface area contributed by atoms with E-state index in [0.29, 0.717) is 37.5 Å². The summed E-state index contributed by atoms with van der Waals surface area (Å²) in [5.41, 5.74) is 0. The fourth-order valence-corrected chi connectivity index (χ4v) is 12.0. The van der Waals surface area contributed by atoms with Crippen molar-refractivity contribution in [3.8, 4) is 0 Å². The summed E-state index contributed by atoms with van der Waals surface area (Å²) < 4.78 is 68.2. The van der Waals surface area contributed by atoms with Crippen molar-refractivity contribution in [2.45, 2.75) is 363 Å². The molecule has 0 saturated heterocycles. The Kier molecular flexibility index (Phi) is 58.5. The highest BCUT2D eigenvalue weighted by Crippen LogP contribution is 2.45. The second-order valence-electron chi connectivity index (χ2n) is 26.9. The molecule has 3 unspecified atom stereocenters. The maximum absolute atomic E-state index is 13.0. The molecule has 0 fully saturated rings. The third-order valence-corrected chi connectivity index (χ3v) is 18.3. The Balaban J connectivity index is 5.23. The van der Waals surface area contributed by atoms with Gasteiger partial charge in [-0.15, -0.1) is 0 Å². The topological polar surface area (TPSA) is 237 Å². The number of hydrogen-bond donors (Lipinski definition) is 3. The van der Waals surface area contributed by atoms with Gasteiger partial charge in [0.15, 0.2) is 12.2 Å². The molecule has 3 N–H and O–H groups in total. The lowest BCUT2D eigenvalue weighted by molar-refractivity contribution is -0.161. The van der Waals surface area contributed by atoms with E-state index in [1.807, 2.05) is 0 Å². The van der Waals surface area contributed by atoms with Gasteiger partial charge in [-0.05, 0) is 49.4 Å². The molecule has 0 aromatic heterocycles. The van der Waals surface area contributed by atoms with Crippen LogP contribution in [0.5, 0.6) is 0 Å². The van der Waals surface area contributed by atoms with Gasteiger partial charge in [-0.3, -0.25) is 37.3 Å². The Hall–Kier alpha value is -1.94. The lowest BCUT2D eigenvalue weighted by Crippen LogP contribution is -2.30. The van der Waals surface area contributed by atoms with Gasteiger partial charge in [-0.2, -0.15) is 0 Å². The number of esters is 4. The van der Waals surface area contributed by atoms with E-state index in [1.54, 1.807) is 0 Å². The van der Waals surface area contributed by atoms with Crippen molar-refractivity contribution in [1.82, 2.24) is 0 Å². The molecule has 0 amide bonds. The van der Waals surface area contributed by atoms with E-state index in [0.717, 1.165) is 108 Å². The first kappa shape index (κ1) is 87.1. The molecule has 528 valence electrons. The van der Waals surface area contributed by atoms with Gasteiger partial charge < -0.3 is 33.8 Å². The first-order chi connectivity index (χ1) is 42.6. The number of phosphoric ester groups is 2. The summed E-state index contributed by atoms with van der Waals surface area (Å²) >= 11 is 0. The highest BCUT2D eigenvalue weighted by molar-refractivity contribution is 7.47. The van der Waals surface area contributed by atoms with E-state index in [9.17, 15) is 43.2 Å². The lowest BCUT2D eigenvalue weighted by Gasteiger charge is -2.21. The van der Waals surface area contributed by atoms with E-state index in [2.05, 4.69) is 55.4 Å². The summed E-state index contributed by atoms with van der Waals surface area (Å²) in [6.07, 6.45) is 42.0. The molecule has 17 nitrogen and oxygen atoms in total. The molecule has 19 heteroatoms. The zero-order valence-corrected chi connectivity index (χ0v) is 59.8. The monoisotopic (exact) mass is 1310 g/mol. The zero-order chi connectivity index (χ0) is 66.1. The molecule has 0 aliphatic carbocycles. The van der Waals surface area contributed by atoms with E-state index in [1.165, 1.54) is 141 Å². The Morgan fingerprint density at radius 3 is 0.798 bits per heavy atom. The number of carbonyl (C=O) groups is 4. The number of hydrogen-bond acceptors (Lipinski definition) is 15. The minimum atomic E-state index is -4.95. The predicted octanol–water partition coefficient (Wildman–Crippen LogP) is 19.7. The molecule has 89 heavy (non-hydrogen) atoms. The van der Waals surface area contributed by atoms with Crippen molar-refractivity contribution in [2.75, 3.05) is 39.6 Å². The summed E-state index contributed by atoms with van der Waals surface area (Å²) in [6.45, 7) is 14.0. The third-order valence-electron chi connectivity index (χ3n) is 16.4.